The zero-order chi connectivity index (χ0) is 100. The number of halogens is 1. The summed E-state index contributed by atoms with van der Waals surface area (Å²) < 4.78 is 52.5. The van der Waals surface area contributed by atoms with Crippen LogP contribution in [-0.2, 0) is 88.4 Å². The molecule has 11 rings (SSSR count). The van der Waals surface area contributed by atoms with Gasteiger partial charge in [-0.3, -0.25) is 14.6 Å². The van der Waals surface area contributed by atoms with Gasteiger partial charge in [-0.2, -0.15) is 0 Å². The molecule has 0 bridgehead atoms. The van der Waals surface area contributed by atoms with Gasteiger partial charge < -0.3 is 48.4 Å². The van der Waals surface area contributed by atoms with Crippen molar-refractivity contribution in [1.82, 2.24) is 45.0 Å². The standard InChI is InChI=1S/C27H33N3O3.C24H25N3O2.C20H21N3O.C7H12O2.2C6H10O2.6C2H6.CH4O.3BH.HI.3U/c1-5-6-7-8-9-18-32-23-12-10-21(11-13-23)26-28-19-22-20-30(16-14-24(22)29-26)17-15-25(31)33-27(2,3)4;1-18(16-28)14-27-12-11-23-21(15-27)13-25-24(26-23)20-7-9-22(10-8-20)29-17-19-5-3-2-4-6-19;1-2-4-15(5-3-1)14-24-18-8-6-16(7-9-18)20-22-13-17-12-21-11-10-19(17)23-20;1-5-6(8)9-7(2,3)4;1-4-8-6(7)5(2)3;1-3-5-6(7)8-4-2;7*1-2;;;;;;;/h5-13,19H,1,14-18,20H2,2-4H3;2-10,13,16,18H,11-12,14-15,17H2,1H3;2,4-9,13,21H,1,3,10-12,14H2;5H,1H2,2-4H3;2,4H2,1,3H3;3,5H,4H2,1-2H3;6*1-2H3;2H,1H3;4*1H;;;/b7-6-,9-8+;;;;;5-3+;;;;;;;;;;;;;;/i;;;;;;;;;;;;;3*1D;;;;. The summed E-state index contributed by atoms with van der Waals surface area (Å²) in [5.74, 6) is 3.70. The molecule has 1 unspecified atom stereocenters. The monoisotopic (exact) mass is 2600 g/mol. The second kappa shape index (κ2) is 89.1. The van der Waals surface area contributed by atoms with Gasteiger partial charge in [0.1, 0.15) is 54.6 Å². The number of nitrogens with one attached hydrogen (secondary N) is 1. The van der Waals surface area contributed by atoms with Crippen molar-refractivity contribution >= 4 is 79.3 Å². The summed E-state index contributed by atoms with van der Waals surface area (Å²) in [6.07, 6.45) is 32.3. The molecule has 132 heavy (non-hydrogen) atoms. The molecular formula is C103H155B3IN9O13U3. The molecule has 22 nitrogen and oxygen atoms in total. The van der Waals surface area contributed by atoms with Crippen LogP contribution in [0.25, 0.3) is 34.2 Å². The summed E-state index contributed by atoms with van der Waals surface area (Å²) in [7, 11) is 12.2. The Bertz CT molecular complexity index is 4350. The molecule has 0 amide bonds. The smallest absolute Gasteiger partial charge is 0.333 e. The fourth-order valence-corrected chi connectivity index (χ4v) is 11.0. The van der Waals surface area contributed by atoms with E-state index in [1.807, 2.05) is 265 Å². The number of aromatic nitrogens is 6. The summed E-state index contributed by atoms with van der Waals surface area (Å²) in [5, 5.41) is 10.3. The molecule has 0 spiro atoms. The summed E-state index contributed by atoms with van der Waals surface area (Å²) in [6, 6.07) is 33.9. The third kappa shape index (κ3) is 64.0. The normalized spacial score (nSPS) is 12.1. The summed E-state index contributed by atoms with van der Waals surface area (Å²) in [6.45, 7) is 63.5. The van der Waals surface area contributed by atoms with Crippen molar-refractivity contribution in [1.29, 1.82) is 4.01 Å². The average Bonchev–Trinajstić information content (AvgIpc) is 0.800. The van der Waals surface area contributed by atoms with Gasteiger partial charge in [-0.05, 0) is 176 Å². The number of allylic oxidation sites excluding steroid dienone is 7. The maximum absolute atomic E-state index is 12.0. The van der Waals surface area contributed by atoms with Crippen molar-refractivity contribution in [3.05, 3.63) is 259 Å². The van der Waals surface area contributed by atoms with E-state index in [2.05, 4.69) is 115 Å². The van der Waals surface area contributed by atoms with E-state index in [1.54, 1.807) is 39.8 Å². The average molecular weight is 2600 g/mol. The third-order valence-electron chi connectivity index (χ3n) is 16.4. The van der Waals surface area contributed by atoms with Crippen LogP contribution in [0.4, 0.5) is 0 Å². The number of nitrogens with zero attached hydrogens (tertiary/aromatic N) is 8. The topological polar surface area (TPSA) is 266 Å². The second-order valence-corrected chi connectivity index (χ2v) is 28.1. The number of esters is 4. The van der Waals surface area contributed by atoms with Crippen LogP contribution < -0.4 is 19.5 Å². The first-order valence-electron chi connectivity index (χ1n) is 45.9. The molecule has 0 fully saturated rings. The number of benzene rings is 4. The summed E-state index contributed by atoms with van der Waals surface area (Å²) in [4.78, 5) is 86.6. The minimum Gasteiger partial charge on any atom is -0.490 e. The minimum atomic E-state index is -0.444. The van der Waals surface area contributed by atoms with Crippen molar-refractivity contribution < 1.29 is 156 Å². The van der Waals surface area contributed by atoms with E-state index in [0.29, 0.717) is 51.6 Å². The van der Waals surface area contributed by atoms with Gasteiger partial charge in [-0.15, -0.1) is 24.0 Å². The van der Waals surface area contributed by atoms with E-state index in [9.17, 15) is 24.0 Å². The van der Waals surface area contributed by atoms with Gasteiger partial charge in [0.05, 0.1) is 36.7 Å². The Balaban J connectivity index is -0.000000205. The van der Waals surface area contributed by atoms with E-state index < -0.39 is 11.2 Å². The number of carbonyl (C=O) groups is 5. The first-order chi connectivity index (χ1) is 63.4. The largest absolute Gasteiger partial charge is 0.490 e. The number of hydrogen-bond donors (Lipinski definition) is 2. The van der Waals surface area contributed by atoms with E-state index in [4.69, 9.17) is 47.7 Å². The van der Waals surface area contributed by atoms with Gasteiger partial charge in [0.15, 0.2) is 17.5 Å². The van der Waals surface area contributed by atoms with E-state index in [-0.39, 0.29) is 147 Å². The molecule has 3 aromatic heterocycles. The van der Waals surface area contributed by atoms with Crippen LogP contribution in [0.5, 0.6) is 17.2 Å². The van der Waals surface area contributed by atoms with Gasteiger partial charge >= 0.3 is 23.9 Å². The number of aliphatic hydroxyl groups excluding tert-OH is 1. The minimum absolute atomic E-state index is 0. The van der Waals surface area contributed by atoms with Gasteiger partial charge in [0, 0.05) is 273 Å². The molecule has 7 aromatic rings. The maximum atomic E-state index is 12.0. The zero-order valence-electron chi connectivity index (χ0n) is 86.7. The van der Waals surface area contributed by atoms with Crippen molar-refractivity contribution in [2.45, 2.75) is 235 Å². The number of aldehydes is 1. The number of aliphatic hydroxyl groups is 1. The molecule has 6 heterocycles. The Morgan fingerprint density at radius 3 is 1.44 bits per heavy atom. The van der Waals surface area contributed by atoms with Crippen molar-refractivity contribution in [2.24, 2.45) is 5.92 Å². The first-order valence-corrected chi connectivity index (χ1v) is 44.2. The van der Waals surface area contributed by atoms with E-state index in [1.165, 1.54) is 17.2 Å². The SMILES string of the molecule is C/C=C/C(=O)OCC.C1=CC(COc2ccc(-c3ncc4c(n3)CCNC4)cc2)=CCC1.C=C(C)C(=O)OCC.C=C/C=C\C=C\COc1ccc(-c2ncc3c(n2)CCN(CCC(=O)OC(C)(C)C)C3)cc1.C=CC(=O)OC(C)(C)C.CC.CC.CC.CC.CC.CC.CC(C=O)CN1CCc2nc(-c3ccc(OCc4ccccc4)cc3)ncc2C1.CO.I.[2H][B].[2H][B].[2H][B].[U].[U].[U]. The Labute approximate surface area is 892 Å². The quantitative estimate of drug-likeness (QED) is 0.0102. The van der Waals surface area contributed by atoms with Crippen molar-refractivity contribution in [3.63, 3.8) is 0 Å². The summed E-state index contributed by atoms with van der Waals surface area (Å²) >= 11 is 0. The molecule has 2 N–H and O–H groups in total. The maximum Gasteiger partial charge on any atom is 0.333 e. The van der Waals surface area contributed by atoms with Gasteiger partial charge in [0.25, 0.3) is 0 Å². The Hall–Kier alpha value is -7.09. The Morgan fingerprint density at radius 2 is 1.03 bits per heavy atom. The molecule has 29 heteroatoms. The molecule has 6 radical (unpaired) electrons. The van der Waals surface area contributed by atoms with Crippen LogP contribution >= 0.6 is 24.0 Å². The van der Waals surface area contributed by atoms with E-state index in [0.717, 1.165) is 183 Å². The van der Waals surface area contributed by atoms with Crippen LogP contribution in [0.2, 0.25) is 0 Å². The molecule has 1 aliphatic carbocycles. The third-order valence-corrected chi connectivity index (χ3v) is 16.4. The molecule has 3 aliphatic heterocycles. The summed E-state index contributed by atoms with van der Waals surface area (Å²) in [5.41, 5.74) is 11.8. The van der Waals surface area contributed by atoms with Crippen LogP contribution in [0.3, 0.4) is 0 Å². The number of carbonyl (C=O) groups excluding carboxylic acids is 5. The fraction of sp³-hybridized carbons (Fsp3) is 0.447. The number of hydrogen-bond acceptors (Lipinski definition) is 22. The van der Waals surface area contributed by atoms with Crippen LogP contribution in [0.15, 0.2) is 219 Å². The van der Waals surface area contributed by atoms with Crippen LogP contribution in [-0.4, -0.2) is 182 Å². The predicted octanol–water partition coefficient (Wildman–Crippen LogP) is 20.5. The van der Waals surface area contributed by atoms with Gasteiger partial charge in [-0.25, -0.2) is 44.3 Å². The predicted molar refractivity (Wildman–Crippen MR) is 550 cm³/mol. The number of rotatable bonds is 25. The second-order valence-electron chi connectivity index (χ2n) is 28.1. The Morgan fingerprint density at radius 1 is 0.583 bits per heavy atom. The van der Waals surface area contributed by atoms with E-state index >= 15 is 0 Å². The molecule has 718 valence electrons. The molecular weight excluding hydrogens is 2440 g/mol. The zero-order valence-corrected chi connectivity index (χ0v) is 98.5. The molecule has 0 saturated heterocycles. The van der Waals surface area contributed by atoms with Gasteiger partial charge in [-0.1, -0.05) is 189 Å². The Kier molecular flexibility index (Phi) is 91.6. The molecule has 4 aliphatic rings. The fourth-order valence-electron chi connectivity index (χ4n) is 11.0. The number of fused-ring (bicyclic) bond motifs is 3. The molecule has 0 saturated carbocycles. The first kappa shape index (κ1) is 136. The number of ether oxygens (including phenoxy) is 7. The van der Waals surface area contributed by atoms with Crippen molar-refractivity contribution in [2.75, 3.05) is 66.3 Å². The van der Waals surface area contributed by atoms with Crippen LogP contribution in [0.1, 0.15) is 218 Å². The van der Waals surface area contributed by atoms with Crippen molar-refractivity contribution in [3.8, 4) is 51.4 Å². The van der Waals surface area contributed by atoms with Crippen LogP contribution in [0, 0.1) is 99.3 Å². The molecule has 1 atom stereocenters. The molecule has 4 aromatic carbocycles. The van der Waals surface area contributed by atoms with Gasteiger partial charge in [0.2, 0.25) is 0 Å².